The van der Waals surface area contributed by atoms with Crippen LogP contribution in [-0.2, 0) is 0 Å². The van der Waals surface area contributed by atoms with Crippen molar-refractivity contribution in [2.75, 3.05) is 6.54 Å². The smallest absolute Gasteiger partial charge is 0.0539 e. The highest BCUT2D eigenvalue weighted by atomic mass is 35.5. The molecule has 1 atom stereocenters. The summed E-state index contributed by atoms with van der Waals surface area (Å²) in [7, 11) is 0. The van der Waals surface area contributed by atoms with E-state index in [9.17, 15) is 0 Å². The van der Waals surface area contributed by atoms with Crippen molar-refractivity contribution in [3.8, 4) is 0 Å². The van der Waals surface area contributed by atoms with E-state index >= 15 is 0 Å². The molecule has 1 N–H and O–H groups in total. The lowest BCUT2D eigenvalue weighted by Crippen LogP contribution is -2.24. The number of allylic oxidation sites excluding steroid dienone is 1. The van der Waals surface area contributed by atoms with Gasteiger partial charge in [0, 0.05) is 5.02 Å². The Balaban J connectivity index is 2.34. The largest absolute Gasteiger partial charge is 0.307 e. The number of rotatable bonds is 4. The summed E-state index contributed by atoms with van der Waals surface area (Å²) in [5.74, 6) is 0. The van der Waals surface area contributed by atoms with Crippen molar-refractivity contribution in [3.05, 3.63) is 46.0 Å². The van der Waals surface area contributed by atoms with Crippen LogP contribution < -0.4 is 5.32 Å². The summed E-state index contributed by atoms with van der Waals surface area (Å²) in [6.07, 6.45) is 7.49. The topological polar surface area (TPSA) is 12.0 Å². The molecule has 2 rings (SSSR count). The third-order valence-electron chi connectivity index (χ3n) is 3.73. The van der Waals surface area contributed by atoms with Gasteiger partial charge < -0.3 is 5.32 Å². The van der Waals surface area contributed by atoms with Gasteiger partial charge in [-0.1, -0.05) is 42.3 Å². The second kappa shape index (κ2) is 6.40. The van der Waals surface area contributed by atoms with Gasteiger partial charge in [0.15, 0.2) is 0 Å². The van der Waals surface area contributed by atoms with Crippen LogP contribution in [0.1, 0.15) is 49.8 Å². The molecule has 0 amide bonds. The van der Waals surface area contributed by atoms with Crippen LogP contribution in [0, 0.1) is 6.92 Å². The molecule has 1 nitrogen and oxygen atoms in total. The second-order valence-corrected chi connectivity index (χ2v) is 5.38. The van der Waals surface area contributed by atoms with Gasteiger partial charge in [-0.05, 0) is 56.3 Å². The van der Waals surface area contributed by atoms with Crippen molar-refractivity contribution < 1.29 is 0 Å². The summed E-state index contributed by atoms with van der Waals surface area (Å²) < 4.78 is 0. The Kier molecular flexibility index (Phi) is 4.85. The summed E-state index contributed by atoms with van der Waals surface area (Å²) in [4.78, 5) is 0. The molecule has 0 saturated carbocycles. The predicted octanol–water partition coefficient (Wildman–Crippen LogP) is 4.80. The van der Waals surface area contributed by atoms with Crippen LogP contribution in [0.3, 0.4) is 0 Å². The third-order valence-corrected chi connectivity index (χ3v) is 4.14. The Morgan fingerprint density at radius 1 is 1.33 bits per heavy atom. The highest BCUT2D eigenvalue weighted by Crippen LogP contribution is 2.33. The summed E-state index contributed by atoms with van der Waals surface area (Å²) >= 11 is 6.25. The van der Waals surface area contributed by atoms with Gasteiger partial charge in [0.1, 0.15) is 0 Å². The van der Waals surface area contributed by atoms with Crippen LogP contribution >= 0.6 is 11.6 Å². The summed E-state index contributed by atoms with van der Waals surface area (Å²) in [5.41, 5.74) is 4.07. The molecule has 0 fully saturated rings. The zero-order valence-electron chi connectivity index (χ0n) is 11.3. The first kappa shape index (κ1) is 13.6. The van der Waals surface area contributed by atoms with Crippen LogP contribution in [0.2, 0.25) is 5.02 Å². The zero-order chi connectivity index (χ0) is 13.0. The highest BCUT2D eigenvalue weighted by Gasteiger charge is 2.19. The molecule has 18 heavy (non-hydrogen) atoms. The normalized spacial score (nSPS) is 17.4. The van der Waals surface area contributed by atoms with E-state index in [2.05, 4.69) is 37.4 Å². The maximum Gasteiger partial charge on any atom is 0.0539 e. The van der Waals surface area contributed by atoms with Gasteiger partial charge in [-0.2, -0.15) is 0 Å². The summed E-state index contributed by atoms with van der Waals surface area (Å²) in [6, 6.07) is 6.56. The van der Waals surface area contributed by atoms with Gasteiger partial charge in [0.2, 0.25) is 0 Å². The van der Waals surface area contributed by atoms with E-state index in [1.807, 2.05) is 6.07 Å². The minimum absolute atomic E-state index is 0.342. The number of hydrogen-bond acceptors (Lipinski definition) is 1. The molecule has 0 radical (unpaired) electrons. The summed E-state index contributed by atoms with van der Waals surface area (Å²) in [6.45, 7) is 5.26. The molecule has 1 aliphatic carbocycles. The first-order valence-electron chi connectivity index (χ1n) is 6.91. The van der Waals surface area contributed by atoms with Crippen molar-refractivity contribution in [2.45, 2.75) is 45.6 Å². The minimum atomic E-state index is 0.342. The van der Waals surface area contributed by atoms with E-state index in [4.69, 9.17) is 11.6 Å². The molecule has 2 heteroatoms. The maximum atomic E-state index is 6.25. The van der Waals surface area contributed by atoms with E-state index in [1.165, 1.54) is 42.4 Å². The average molecular weight is 264 g/mol. The molecule has 1 aliphatic rings. The first-order valence-corrected chi connectivity index (χ1v) is 7.29. The number of benzene rings is 1. The fraction of sp³-hybridized carbons (Fsp3) is 0.500. The Morgan fingerprint density at radius 2 is 2.17 bits per heavy atom. The van der Waals surface area contributed by atoms with Crippen molar-refractivity contribution in [2.24, 2.45) is 0 Å². The summed E-state index contributed by atoms with van der Waals surface area (Å²) in [5, 5.41) is 4.48. The predicted molar refractivity (Wildman–Crippen MR) is 79.2 cm³/mol. The lowest BCUT2D eigenvalue weighted by molar-refractivity contribution is 0.562. The number of likely N-dealkylation sites (N-methyl/N-ethyl adjacent to an activating group) is 1. The molecular formula is C16H22ClN. The molecule has 0 bridgehead atoms. The van der Waals surface area contributed by atoms with Gasteiger partial charge in [-0.3, -0.25) is 0 Å². The quantitative estimate of drug-likeness (QED) is 0.770. The molecule has 0 saturated heterocycles. The van der Waals surface area contributed by atoms with Crippen molar-refractivity contribution >= 4 is 11.6 Å². The molecule has 0 heterocycles. The van der Waals surface area contributed by atoms with Crippen LogP contribution in [-0.4, -0.2) is 6.54 Å². The number of halogens is 1. The molecule has 0 aromatic heterocycles. The molecular weight excluding hydrogens is 242 g/mol. The highest BCUT2D eigenvalue weighted by molar-refractivity contribution is 6.31. The van der Waals surface area contributed by atoms with Gasteiger partial charge >= 0.3 is 0 Å². The minimum Gasteiger partial charge on any atom is -0.307 e. The molecule has 1 unspecified atom stereocenters. The van der Waals surface area contributed by atoms with Crippen LogP contribution in [0.25, 0.3) is 0 Å². The van der Waals surface area contributed by atoms with E-state index in [1.54, 1.807) is 0 Å². The number of nitrogens with one attached hydrogen (secondary N) is 1. The first-order chi connectivity index (χ1) is 8.74. The lowest BCUT2D eigenvalue weighted by Gasteiger charge is -2.26. The van der Waals surface area contributed by atoms with Gasteiger partial charge in [0.25, 0.3) is 0 Å². The molecule has 98 valence electrons. The molecule has 0 aliphatic heterocycles. The fourth-order valence-corrected chi connectivity index (χ4v) is 2.89. The Morgan fingerprint density at radius 3 is 2.83 bits per heavy atom. The second-order valence-electron chi connectivity index (χ2n) is 4.97. The SMILES string of the molecule is CCNC(C1=CCCCC1)c1cccc(Cl)c1C. The van der Waals surface area contributed by atoms with E-state index < -0.39 is 0 Å². The van der Waals surface area contributed by atoms with Gasteiger partial charge in [0.05, 0.1) is 6.04 Å². The Bertz CT molecular complexity index is 437. The van der Waals surface area contributed by atoms with E-state index in [0.717, 1.165) is 11.6 Å². The Labute approximate surface area is 115 Å². The molecule has 1 aromatic carbocycles. The van der Waals surface area contributed by atoms with Crippen molar-refractivity contribution in [3.63, 3.8) is 0 Å². The van der Waals surface area contributed by atoms with Crippen LogP contribution in [0.5, 0.6) is 0 Å². The molecule has 1 aromatic rings. The zero-order valence-corrected chi connectivity index (χ0v) is 12.1. The third kappa shape index (κ3) is 2.96. The van der Waals surface area contributed by atoms with E-state index in [0.29, 0.717) is 6.04 Å². The standard InChI is InChI=1S/C16H22ClN/c1-3-18-16(13-8-5-4-6-9-13)14-10-7-11-15(17)12(14)2/h7-8,10-11,16,18H,3-6,9H2,1-2H3. The lowest BCUT2D eigenvalue weighted by atomic mass is 9.88. The fourth-order valence-electron chi connectivity index (χ4n) is 2.71. The van der Waals surface area contributed by atoms with E-state index in [-0.39, 0.29) is 0 Å². The average Bonchev–Trinajstić information content (AvgIpc) is 2.41. The van der Waals surface area contributed by atoms with Crippen molar-refractivity contribution in [1.29, 1.82) is 0 Å². The monoisotopic (exact) mass is 263 g/mol. The van der Waals surface area contributed by atoms with Gasteiger partial charge in [-0.25, -0.2) is 0 Å². The molecule has 0 spiro atoms. The number of hydrogen-bond donors (Lipinski definition) is 1. The van der Waals surface area contributed by atoms with Gasteiger partial charge in [-0.15, -0.1) is 0 Å². The van der Waals surface area contributed by atoms with Crippen molar-refractivity contribution in [1.82, 2.24) is 5.32 Å². The maximum absolute atomic E-state index is 6.25. The van der Waals surface area contributed by atoms with Crippen LogP contribution in [0.15, 0.2) is 29.8 Å². The van der Waals surface area contributed by atoms with Crippen LogP contribution in [0.4, 0.5) is 0 Å². The Hall–Kier alpha value is -0.790.